The minimum Gasteiger partial charge on any atom is -0.507 e. The number of phenols is 1. The van der Waals surface area contributed by atoms with E-state index in [4.69, 9.17) is 4.74 Å². The molecule has 0 unspecified atom stereocenters. The zero-order valence-corrected chi connectivity index (χ0v) is 14.3. The number of nitrogens with zero attached hydrogens (tertiary/aromatic N) is 1. The van der Waals surface area contributed by atoms with Crippen LogP contribution in [0.1, 0.15) is 27.7 Å². The lowest BCUT2D eigenvalue weighted by Gasteiger charge is -2.04. The number of fused-ring (bicyclic) bond motifs is 1. The lowest BCUT2D eigenvalue weighted by atomic mass is 10.0. The Bertz CT molecular complexity index is 928. The van der Waals surface area contributed by atoms with Gasteiger partial charge >= 0.3 is 5.97 Å². The van der Waals surface area contributed by atoms with Gasteiger partial charge in [0.2, 0.25) is 0 Å². The smallest absolute Gasteiger partial charge is 0.348 e. The monoisotopic (exact) mass is 339 g/mol. The molecule has 1 heterocycles. The van der Waals surface area contributed by atoms with E-state index in [1.54, 1.807) is 19.2 Å². The van der Waals surface area contributed by atoms with E-state index in [9.17, 15) is 9.90 Å². The van der Waals surface area contributed by atoms with Crippen molar-refractivity contribution in [2.24, 2.45) is 4.99 Å². The predicted molar refractivity (Wildman–Crippen MR) is 97.9 cm³/mol. The van der Waals surface area contributed by atoms with E-state index in [-0.39, 0.29) is 11.7 Å². The highest BCUT2D eigenvalue weighted by atomic mass is 32.1. The molecule has 0 saturated heterocycles. The number of hydrogen-bond acceptors (Lipinski definition) is 5. The van der Waals surface area contributed by atoms with E-state index < -0.39 is 0 Å². The summed E-state index contributed by atoms with van der Waals surface area (Å²) in [6.07, 6.45) is 1.64. The molecule has 0 aliphatic rings. The topological polar surface area (TPSA) is 58.9 Å². The van der Waals surface area contributed by atoms with Crippen LogP contribution in [-0.4, -0.2) is 23.9 Å². The minimum absolute atomic E-state index is 0.177. The van der Waals surface area contributed by atoms with E-state index in [1.165, 1.54) is 11.3 Å². The van der Waals surface area contributed by atoms with Crippen molar-refractivity contribution in [2.45, 2.75) is 13.8 Å². The molecule has 0 aliphatic carbocycles. The Balaban J connectivity index is 1.96. The van der Waals surface area contributed by atoms with E-state index >= 15 is 0 Å². The first kappa shape index (κ1) is 16.2. The van der Waals surface area contributed by atoms with Gasteiger partial charge in [-0.2, -0.15) is 0 Å². The average Bonchev–Trinajstić information content (AvgIpc) is 2.95. The van der Waals surface area contributed by atoms with Crippen LogP contribution in [0.4, 0.5) is 5.00 Å². The van der Waals surface area contributed by atoms with E-state index in [0.29, 0.717) is 22.0 Å². The second-order valence-electron chi connectivity index (χ2n) is 5.29. The molecular weight excluding hydrogens is 322 g/mol. The Hall–Kier alpha value is -2.66. The summed E-state index contributed by atoms with van der Waals surface area (Å²) in [6, 6.07) is 13.2. The molecule has 0 bridgehead atoms. The summed E-state index contributed by atoms with van der Waals surface area (Å²) in [6.45, 7) is 3.99. The molecule has 0 fully saturated rings. The Morgan fingerprint density at radius 3 is 2.88 bits per heavy atom. The average molecular weight is 339 g/mol. The summed E-state index contributed by atoms with van der Waals surface area (Å²) >= 11 is 1.28. The third-order valence-electron chi connectivity index (χ3n) is 3.63. The Morgan fingerprint density at radius 2 is 2.08 bits per heavy atom. The Labute approximate surface area is 144 Å². The molecule has 0 amide bonds. The quantitative estimate of drug-likeness (QED) is 0.546. The van der Waals surface area contributed by atoms with E-state index in [0.717, 1.165) is 16.3 Å². The van der Waals surface area contributed by atoms with Crippen LogP contribution in [0.5, 0.6) is 5.75 Å². The van der Waals surface area contributed by atoms with Gasteiger partial charge in [-0.05, 0) is 42.3 Å². The standard InChI is InChI=1S/C19H17NO3S/c1-3-23-19(22)18-12(2)10-17(24-18)20-11-15-14-7-5-4-6-13(14)8-9-16(15)21/h4-11,21H,3H2,1-2H3. The van der Waals surface area contributed by atoms with Crippen molar-refractivity contribution in [3.8, 4) is 5.75 Å². The van der Waals surface area contributed by atoms with Gasteiger partial charge in [0.25, 0.3) is 0 Å². The highest BCUT2D eigenvalue weighted by molar-refractivity contribution is 7.17. The van der Waals surface area contributed by atoms with Gasteiger partial charge in [0.15, 0.2) is 0 Å². The van der Waals surface area contributed by atoms with Crippen LogP contribution in [-0.2, 0) is 4.74 Å². The van der Waals surface area contributed by atoms with Crippen LogP contribution in [0.2, 0.25) is 0 Å². The molecule has 4 nitrogen and oxygen atoms in total. The number of aryl methyl sites for hydroxylation is 1. The lowest BCUT2D eigenvalue weighted by molar-refractivity contribution is 0.0531. The van der Waals surface area contributed by atoms with Crippen molar-refractivity contribution in [3.05, 3.63) is 58.5 Å². The zero-order valence-electron chi connectivity index (χ0n) is 13.4. The Morgan fingerprint density at radius 1 is 1.29 bits per heavy atom. The number of ether oxygens (including phenoxy) is 1. The fraction of sp³-hybridized carbons (Fsp3) is 0.158. The summed E-state index contributed by atoms with van der Waals surface area (Å²) in [4.78, 5) is 16.9. The fourth-order valence-corrected chi connectivity index (χ4v) is 3.39. The highest BCUT2D eigenvalue weighted by Gasteiger charge is 2.14. The summed E-state index contributed by atoms with van der Waals surface area (Å²) in [5.74, 6) is -0.147. The molecule has 2 aromatic carbocycles. The number of esters is 1. The molecule has 0 aliphatic heterocycles. The Kier molecular flexibility index (Phi) is 4.62. The molecule has 0 spiro atoms. The van der Waals surface area contributed by atoms with Gasteiger partial charge in [0.05, 0.1) is 6.61 Å². The molecule has 5 heteroatoms. The van der Waals surface area contributed by atoms with Crippen molar-refractivity contribution >= 4 is 39.3 Å². The molecular formula is C19H17NO3S. The summed E-state index contributed by atoms with van der Waals surface area (Å²) in [7, 11) is 0. The molecule has 3 rings (SSSR count). The third-order valence-corrected chi connectivity index (χ3v) is 4.76. The molecule has 0 radical (unpaired) electrons. The lowest BCUT2D eigenvalue weighted by Crippen LogP contribution is -2.03. The predicted octanol–water partition coefficient (Wildman–Crippen LogP) is 4.84. The molecule has 1 aromatic heterocycles. The van der Waals surface area contributed by atoms with Crippen LogP contribution in [0, 0.1) is 6.92 Å². The van der Waals surface area contributed by atoms with Crippen molar-refractivity contribution in [1.29, 1.82) is 0 Å². The SMILES string of the molecule is CCOC(=O)c1sc(N=Cc2c(O)ccc3ccccc23)cc1C. The number of hydrogen-bond donors (Lipinski definition) is 1. The maximum absolute atomic E-state index is 11.9. The molecule has 0 saturated carbocycles. The third kappa shape index (κ3) is 3.16. The number of benzene rings is 2. The number of phenolic OH excluding ortho intramolecular Hbond substituents is 1. The number of thiophene rings is 1. The molecule has 24 heavy (non-hydrogen) atoms. The minimum atomic E-state index is -0.325. The van der Waals surface area contributed by atoms with Gasteiger partial charge in [0.1, 0.15) is 15.6 Å². The number of carbonyl (C=O) groups is 1. The molecule has 3 aromatic rings. The van der Waals surface area contributed by atoms with Gasteiger partial charge in [-0.1, -0.05) is 30.3 Å². The van der Waals surface area contributed by atoms with Crippen molar-refractivity contribution in [2.75, 3.05) is 6.61 Å². The van der Waals surface area contributed by atoms with Crippen molar-refractivity contribution < 1.29 is 14.6 Å². The molecule has 122 valence electrons. The number of rotatable bonds is 4. The zero-order chi connectivity index (χ0) is 17.1. The largest absolute Gasteiger partial charge is 0.507 e. The first-order valence-corrected chi connectivity index (χ1v) is 8.44. The second-order valence-corrected chi connectivity index (χ2v) is 6.33. The molecule has 0 atom stereocenters. The highest BCUT2D eigenvalue weighted by Crippen LogP contribution is 2.31. The number of aliphatic imine (C=N–C) groups is 1. The van der Waals surface area contributed by atoms with Gasteiger partial charge in [-0.25, -0.2) is 9.79 Å². The normalized spacial score (nSPS) is 11.2. The first-order valence-electron chi connectivity index (χ1n) is 7.62. The maximum Gasteiger partial charge on any atom is 0.348 e. The fourth-order valence-electron chi connectivity index (χ4n) is 2.48. The van der Waals surface area contributed by atoms with E-state index in [2.05, 4.69) is 4.99 Å². The summed E-state index contributed by atoms with van der Waals surface area (Å²) in [5.41, 5.74) is 1.50. The summed E-state index contributed by atoms with van der Waals surface area (Å²) < 4.78 is 5.04. The van der Waals surface area contributed by atoms with Crippen LogP contribution in [0.15, 0.2) is 47.5 Å². The molecule has 1 N–H and O–H groups in total. The van der Waals surface area contributed by atoms with Crippen molar-refractivity contribution in [3.63, 3.8) is 0 Å². The van der Waals surface area contributed by atoms with E-state index in [1.807, 2.05) is 43.3 Å². The first-order chi connectivity index (χ1) is 11.6. The van der Waals surface area contributed by atoms with Gasteiger partial charge in [-0.3, -0.25) is 0 Å². The van der Waals surface area contributed by atoms with Crippen molar-refractivity contribution in [1.82, 2.24) is 0 Å². The van der Waals surface area contributed by atoms with Crippen LogP contribution in [0.25, 0.3) is 10.8 Å². The maximum atomic E-state index is 11.9. The van der Waals surface area contributed by atoms with Gasteiger partial charge in [-0.15, -0.1) is 11.3 Å². The second kappa shape index (κ2) is 6.84. The van der Waals surface area contributed by atoms with Crippen LogP contribution >= 0.6 is 11.3 Å². The van der Waals surface area contributed by atoms with Gasteiger partial charge in [0, 0.05) is 11.8 Å². The van der Waals surface area contributed by atoms with Crippen LogP contribution in [0.3, 0.4) is 0 Å². The van der Waals surface area contributed by atoms with Crippen LogP contribution < -0.4 is 0 Å². The number of carbonyl (C=O) groups excluding carboxylic acids is 1. The number of aromatic hydroxyl groups is 1. The summed E-state index contributed by atoms with van der Waals surface area (Å²) in [5, 5.41) is 12.8. The van der Waals surface area contributed by atoms with Gasteiger partial charge < -0.3 is 9.84 Å².